The highest BCUT2D eigenvalue weighted by Gasteiger charge is 2.56. The number of carbonyl (C=O) groups is 3. The van der Waals surface area contributed by atoms with Gasteiger partial charge in [0.25, 0.3) is 0 Å². The molecule has 0 radical (unpaired) electrons. The van der Waals surface area contributed by atoms with E-state index in [0.717, 1.165) is 5.56 Å². The fourth-order valence-corrected chi connectivity index (χ4v) is 2.93. The second kappa shape index (κ2) is 7.40. The van der Waals surface area contributed by atoms with Crippen LogP contribution in [0.2, 0.25) is 5.02 Å². The molecule has 0 saturated heterocycles. The summed E-state index contributed by atoms with van der Waals surface area (Å²) in [6.07, 6.45) is 0.898. The largest absolute Gasteiger partial charge is 0.465 e. The first kappa shape index (κ1) is 18.9. The van der Waals surface area contributed by atoms with Crippen molar-refractivity contribution in [3.63, 3.8) is 0 Å². The van der Waals surface area contributed by atoms with Gasteiger partial charge < -0.3 is 15.4 Å². The highest BCUT2D eigenvalue weighted by atomic mass is 35.5. The first-order valence-corrected chi connectivity index (χ1v) is 8.81. The molecule has 0 atom stereocenters. The fourth-order valence-electron chi connectivity index (χ4n) is 2.76. The van der Waals surface area contributed by atoms with Crippen molar-refractivity contribution in [3.05, 3.63) is 58.6 Å². The number of benzene rings is 2. The van der Waals surface area contributed by atoms with Crippen LogP contribution in [-0.4, -0.2) is 24.9 Å². The van der Waals surface area contributed by atoms with E-state index in [1.54, 1.807) is 6.07 Å². The maximum atomic E-state index is 12.8. The minimum Gasteiger partial charge on any atom is -0.465 e. The van der Waals surface area contributed by atoms with Gasteiger partial charge in [-0.1, -0.05) is 23.7 Å². The summed E-state index contributed by atoms with van der Waals surface area (Å²) in [5.41, 5.74) is 1.04. The van der Waals surface area contributed by atoms with Gasteiger partial charge in [0.15, 0.2) is 0 Å². The third-order valence-corrected chi connectivity index (χ3v) is 4.86. The number of anilines is 2. The number of esters is 1. The lowest BCUT2D eigenvalue weighted by atomic mass is 10.0. The maximum Gasteiger partial charge on any atom is 0.337 e. The molecule has 1 fully saturated rings. The minimum atomic E-state index is -1.13. The minimum absolute atomic E-state index is 0.256. The van der Waals surface area contributed by atoms with Gasteiger partial charge in [0, 0.05) is 5.69 Å². The number of methoxy groups -OCH3 is 1. The Balaban J connectivity index is 1.75. The SMILES string of the molecule is COC(=O)c1ccc(Cl)c(NC(=O)C2(C(=O)Nc3cccc(C)c3)CC2)c1. The van der Waals surface area contributed by atoms with Gasteiger partial charge in [-0.05, 0) is 55.7 Å². The van der Waals surface area contributed by atoms with E-state index in [4.69, 9.17) is 11.6 Å². The number of aryl methyl sites for hydroxylation is 1. The Kier molecular flexibility index (Phi) is 5.19. The van der Waals surface area contributed by atoms with E-state index in [2.05, 4.69) is 15.4 Å². The van der Waals surface area contributed by atoms with Crippen molar-refractivity contribution in [1.29, 1.82) is 0 Å². The van der Waals surface area contributed by atoms with Gasteiger partial charge in [-0.3, -0.25) is 9.59 Å². The van der Waals surface area contributed by atoms with Crippen LogP contribution >= 0.6 is 11.6 Å². The Bertz CT molecular complexity index is 922. The monoisotopic (exact) mass is 386 g/mol. The normalized spacial score (nSPS) is 14.2. The van der Waals surface area contributed by atoms with Gasteiger partial charge in [0.05, 0.1) is 23.4 Å². The average molecular weight is 387 g/mol. The van der Waals surface area contributed by atoms with Crippen LogP contribution in [0.5, 0.6) is 0 Å². The van der Waals surface area contributed by atoms with Crippen LogP contribution in [0.15, 0.2) is 42.5 Å². The highest BCUT2D eigenvalue weighted by molar-refractivity contribution is 6.34. The molecule has 1 saturated carbocycles. The lowest BCUT2D eigenvalue weighted by molar-refractivity contribution is -0.131. The molecule has 0 spiro atoms. The zero-order chi connectivity index (χ0) is 19.6. The lowest BCUT2D eigenvalue weighted by Crippen LogP contribution is -2.35. The number of halogens is 1. The van der Waals surface area contributed by atoms with Crippen LogP contribution in [0.1, 0.15) is 28.8 Å². The molecule has 0 unspecified atom stereocenters. The van der Waals surface area contributed by atoms with Gasteiger partial charge in [-0.2, -0.15) is 0 Å². The summed E-state index contributed by atoms with van der Waals surface area (Å²) < 4.78 is 4.67. The van der Waals surface area contributed by atoms with Gasteiger partial charge in [-0.15, -0.1) is 0 Å². The van der Waals surface area contributed by atoms with Gasteiger partial charge >= 0.3 is 5.97 Å². The molecule has 7 heteroatoms. The zero-order valence-electron chi connectivity index (χ0n) is 15.0. The van der Waals surface area contributed by atoms with Crippen LogP contribution in [0.25, 0.3) is 0 Å². The standard InChI is InChI=1S/C20H19ClN2O4/c1-12-4-3-5-14(10-12)22-18(25)20(8-9-20)19(26)23-16-11-13(17(24)27-2)6-7-15(16)21/h3-7,10-11H,8-9H2,1-2H3,(H,22,25)(H,23,26). The molecule has 140 valence electrons. The summed E-state index contributed by atoms with van der Waals surface area (Å²) >= 11 is 6.12. The van der Waals surface area contributed by atoms with Crippen LogP contribution < -0.4 is 10.6 Å². The van der Waals surface area contributed by atoms with E-state index in [1.165, 1.54) is 25.3 Å². The van der Waals surface area contributed by atoms with E-state index in [1.807, 2.05) is 25.1 Å². The predicted octanol–water partition coefficient (Wildman–Crippen LogP) is 3.79. The van der Waals surface area contributed by atoms with E-state index >= 15 is 0 Å². The summed E-state index contributed by atoms with van der Waals surface area (Å²) in [6.45, 7) is 1.92. The quantitative estimate of drug-likeness (QED) is 0.604. The number of amides is 2. The number of rotatable bonds is 5. The molecule has 1 aliphatic rings. The second-order valence-corrected chi connectivity index (χ2v) is 6.95. The van der Waals surface area contributed by atoms with Crippen molar-refractivity contribution >= 4 is 40.8 Å². The molecule has 6 nitrogen and oxygen atoms in total. The highest BCUT2D eigenvalue weighted by Crippen LogP contribution is 2.47. The van der Waals surface area contributed by atoms with Crippen molar-refractivity contribution in [2.45, 2.75) is 19.8 Å². The van der Waals surface area contributed by atoms with Crippen molar-refractivity contribution in [3.8, 4) is 0 Å². The lowest BCUT2D eigenvalue weighted by Gasteiger charge is -2.16. The molecule has 0 aromatic heterocycles. The molecule has 0 aliphatic heterocycles. The molecule has 0 bridgehead atoms. The summed E-state index contributed by atoms with van der Waals surface area (Å²) in [7, 11) is 1.27. The van der Waals surface area contributed by atoms with Gasteiger partial charge in [0.2, 0.25) is 11.8 Å². The maximum absolute atomic E-state index is 12.8. The van der Waals surface area contributed by atoms with E-state index in [9.17, 15) is 14.4 Å². The summed E-state index contributed by atoms with van der Waals surface area (Å²) in [5.74, 6) is -1.34. The predicted molar refractivity (Wildman–Crippen MR) is 103 cm³/mol. The number of ether oxygens (including phenoxy) is 1. The summed E-state index contributed by atoms with van der Waals surface area (Å²) in [5, 5.41) is 5.74. The number of nitrogens with one attached hydrogen (secondary N) is 2. The van der Waals surface area contributed by atoms with Gasteiger partial charge in [0.1, 0.15) is 5.41 Å². The smallest absolute Gasteiger partial charge is 0.337 e. The van der Waals surface area contributed by atoms with Gasteiger partial charge in [-0.25, -0.2) is 4.79 Å². The molecule has 0 heterocycles. The van der Waals surface area contributed by atoms with Crippen LogP contribution in [0.3, 0.4) is 0 Å². The van der Waals surface area contributed by atoms with Crippen molar-refractivity contribution in [2.75, 3.05) is 17.7 Å². The summed E-state index contributed by atoms with van der Waals surface area (Å²) in [4.78, 5) is 37.1. The van der Waals surface area contributed by atoms with Crippen LogP contribution in [-0.2, 0) is 14.3 Å². The first-order chi connectivity index (χ1) is 12.9. The molecule has 3 rings (SSSR count). The third-order valence-electron chi connectivity index (χ3n) is 4.53. The number of hydrogen-bond donors (Lipinski definition) is 2. The van der Waals surface area contributed by atoms with Crippen molar-refractivity contribution in [1.82, 2.24) is 0 Å². The Morgan fingerprint density at radius 2 is 1.74 bits per heavy atom. The molecule has 2 amide bonds. The average Bonchev–Trinajstić information content (AvgIpc) is 3.45. The molecular formula is C20H19ClN2O4. The van der Waals surface area contributed by atoms with Crippen LogP contribution in [0.4, 0.5) is 11.4 Å². The molecule has 27 heavy (non-hydrogen) atoms. The summed E-state index contributed by atoms with van der Waals surface area (Å²) in [6, 6.07) is 11.8. The molecule has 2 N–H and O–H groups in total. The molecule has 1 aliphatic carbocycles. The zero-order valence-corrected chi connectivity index (χ0v) is 15.7. The number of hydrogen-bond acceptors (Lipinski definition) is 4. The second-order valence-electron chi connectivity index (χ2n) is 6.55. The Labute approximate surface area is 161 Å². The molecule has 2 aromatic carbocycles. The Morgan fingerprint density at radius 3 is 2.37 bits per heavy atom. The van der Waals surface area contributed by atoms with Crippen molar-refractivity contribution in [2.24, 2.45) is 5.41 Å². The first-order valence-electron chi connectivity index (χ1n) is 8.43. The fraction of sp³-hybridized carbons (Fsp3) is 0.250. The van der Waals surface area contributed by atoms with E-state index < -0.39 is 17.3 Å². The Morgan fingerprint density at radius 1 is 1.04 bits per heavy atom. The third kappa shape index (κ3) is 3.95. The van der Waals surface area contributed by atoms with E-state index in [0.29, 0.717) is 18.5 Å². The molecule has 2 aromatic rings. The Hall–Kier alpha value is -2.86. The van der Waals surface area contributed by atoms with Crippen LogP contribution in [0, 0.1) is 12.3 Å². The topological polar surface area (TPSA) is 84.5 Å². The molecular weight excluding hydrogens is 368 g/mol. The number of carbonyl (C=O) groups excluding carboxylic acids is 3. The van der Waals surface area contributed by atoms with E-state index in [-0.39, 0.29) is 22.2 Å². The van der Waals surface area contributed by atoms with Crippen molar-refractivity contribution < 1.29 is 19.1 Å².